The molecule has 2 amide bonds. The minimum absolute atomic E-state index is 0.322. The summed E-state index contributed by atoms with van der Waals surface area (Å²) in [5, 5.41) is 25.0. The number of thiazole rings is 1. The number of rotatable bonds is 6. The fourth-order valence-corrected chi connectivity index (χ4v) is 1.81. The van der Waals surface area contributed by atoms with Crippen molar-refractivity contribution in [2.75, 3.05) is 13.1 Å². The molecule has 1 atom stereocenters. The first-order valence-corrected chi connectivity index (χ1v) is 6.20. The molecule has 0 aliphatic heterocycles. The van der Waals surface area contributed by atoms with E-state index >= 15 is 0 Å². The zero-order valence-corrected chi connectivity index (χ0v) is 10.7. The van der Waals surface area contributed by atoms with Crippen molar-refractivity contribution >= 4 is 23.3 Å². The lowest BCUT2D eigenvalue weighted by molar-refractivity contribution is -0.146. The first kappa shape index (κ1) is 14.4. The van der Waals surface area contributed by atoms with Crippen molar-refractivity contribution in [3.05, 3.63) is 16.1 Å². The summed E-state index contributed by atoms with van der Waals surface area (Å²) in [7, 11) is 0. The Morgan fingerprint density at radius 3 is 2.78 bits per heavy atom. The van der Waals surface area contributed by atoms with Crippen molar-refractivity contribution < 1.29 is 19.8 Å². The summed E-state index contributed by atoms with van der Waals surface area (Å²) < 4.78 is 0. The average Bonchev–Trinajstić information content (AvgIpc) is 2.71. The highest BCUT2D eigenvalue weighted by Gasteiger charge is 2.13. The van der Waals surface area contributed by atoms with Crippen LogP contribution in [0.5, 0.6) is 0 Å². The number of aliphatic carboxylic acids is 1. The van der Waals surface area contributed by atoms with E-state index in [2.05, 4.69) is 15.6 Å². The minimum Gasteiger partial charge on any atom is -0.479 e. The summed E-state index contributed by atoms with van der Waals surface area (Å²) in [6.45, 7) is 1.98. The molecule has 1 heterocycles. The standard InChI is InChI=1S/C10H15N3O4S/c1-6-13-7(5-18-6)2-3-11-10(17)12-4-8(14)9(15)16/h5,8,14H,2-4H2,1H3,(H,15,16)(H2,11,12,17). The van der Waals surface area contributed by atoms with Gasteiger partial charge in [0.25, 0.3) is 0 Å². The maximum atomic E-state index is 11.2. The van der Waals surface area contributed by atoms with E-state index in [0.717, 1.165) is 10.7 Å². The molecular formula is C10H15N3O4S. The molecule has 0 aromatic carbocycles. The maximum Gasteiger partial charge on any atom is 0.334 e. The van der Waals surface area contributed by atoms with Gasteiger partial charge in [0.2, 0.25) is 0 Å². The van der Waals surface area contributed by atoms with Gasteiger partial charge in [0.1, 0.15) is 0 Å². The lowest BCUT2D eigenvalue weighted by Gasteiger charge is -2.08. The zero-order valence-electron chi connectivity index (χ0n) is 9.84. The van der Waals surface area contributed by atoms with Crippen molar-refractivity contribution in [3.63, 3.8) is 0 Å². The number of carbonyl (C=O) groups excluding carboxylic acids is 1. The maximum absolute atomic E-state index is 11.2. The molecule has 0 aliphatic carbocycles. The van der Waals surface area contributed by atoms with Gasteiger partial charge in [-0.3, -0.25) is 0 Å². The van der Waals surface area contributed by atoms with Crippen LogP contribution in [0.4, 0.5) is 4.79 Å². The molecule has 0 saturated heterocycles. The van der Waals surface area contributed by atoms with Crippen LogP contribution in [0.1, 0.15) is 10.7 Å². The second-order valence-corrected chi connectivity index (χ2v) is 4.66. The van der Waals surface area contributed by atoms with Crippen LogP contribution in [-0.4, -0.2) is 46.4 Å². The highest BCUT2D eigenvalue weighted by Crippen LogP contribution is 2.07. The Morgan fingerprint density at radius 2 is 2.22 bits per heavy atom. The SMILES string of the molecule is Cc1nc(CCNC(=O)NCC(O)C(=O)O)cs1. The van der Waals surface area contributed by atoms with Gasteiger partial charge in [0.15, 0.2) is 6.10 Å². The van der Waals surface area contributed by atoms with E-state index in [1.165, 1.54) is 0 Å². The van der Waals surface area contributed by atoms with E-state index in [-0.39, 0.29) is 6.54 Å². The number of carboxylic acid groups (broad SMARTS) is 1. The van der Waals surface area contributed by atoms with Gasteiger partial charge < -0.3 is 20.8 Å². The average molecular weight is 273 g/mol. The molecule has 1 unspecified atom stereocenters. The van der Waals surface area contributed by atoms with Crippen molar-refractivity contribution in [1.29, 1.82) is 0 Å². The Morgan fingerprint density at radius 1 is 1.50 bits per heavy atom. The Kier molecular flexibility index (Phi) is 5.53. The fourth-order valence-electron chi connectivity index (χ4n) is 1.17. The monoisotopic (exact) mass is 273 g/mol. The van der Waals surface area contributed by atoms with Gasteiger partial charge in [-0.1, -0.05) is 0 Å². The molecule has 100 valence electrons. The predicted octanol–water partition coefficient (Wildman–Crippen LogP) is -0.261. The van der Waals surface area contributed by atoms with Crippen LogP contribution in [0.15, 0.2) is 5.38 Å². The zero-order chi connectivity index (χ0) is 13.5. The number of urea groups is 1. The Labute approximate surface area is 108 Å². The third kappa shape index (κ3) is 5.11. The highest BCUT2D eigenvalue weighted by molar-refractivity contribution is 7.09. The van der Waals surface area contributed by atoms with Crippen molar-refractivity contribution in [3.8, 4) is 0 Å². The molecule has 0 saturated carbocycles. The smallest absolute Gasteiger partial charge is 0.334 e. The quantitative estimate of drug-likeness (QED) is 0.570. The number of hydrogen-bond acceptors (Lipinski definition) is 5. The molecule has 0 bridgehead atoms. The van der Waals surface area contributed by atoms with Crippen molar-refractivity contribution in [2.45, 2.75) is 19.4 Å². The molecule has 1 aromatic heterocycles. The lowest BCUT2D eigenvalue weighted by atomic mass is 10.3. The molecule has 0 radical (unpaired) electrons. The summed E-state index contributed by atoms with van der Waals surface area (Å²) in [5.74, 6) is -1.37. The Bertz CT molecular complexity index is 421. The lowest BCUT2D eigenvalue weighted by Crippen LogP contribution is -2.42. The molecule has 0 fully saturated rings. The number of carboxylic acids is 1. The number of carbonyl (C=O) groups is 2. The number of aliphatic hydroxyl groups excluding tert-OH is 1. The predicted molar refractivity (Wildman–Crippen MR) is 65.6 cm³/mol. The van der Waals surface area contributed by atoms with Crippen molar-refractivity contribution in [2.24, 2.45) is 0 Å². The largest absolute Gasteiger partial charge is 0.479 e. The number of nitrogens with one attached hydrogen (secondary N) is 2. The summed E-state index contributed by atoms with van der Waals surface area (Å²) in [5.41, 5.74) is 0.906. The molecule has 4 N–H and O–H groups in total. The molecule has 0 aliphatic rings. The first-order chi connectivity index (χ1) is 8.49. The van der Waals surface area contributed by atoms with Crippen LogP contribution in [0.2, 0.25) is 0 Å². The first-order valence-electron chi connectivity index (χ1n) is 5.32. The van der Waals surface area contributed by atoms with Gasteiger partial charge >= 0.3 is 12.0 Å². The molecule has 7 nitrogen and oxygen atoms in total. The molecule has 0 spiro atoms. The molecule has 1 rings (SSSR count). The summed E-state index contributed by atoms with van der Waals surface area (Å²) >= 11 is 1.54. The second-order valence-electron chi connectivity index (χ2n) is 3.60. The van der Waals surface area contributed by atoms with Crippen LogP contribution in [0.25, 0.3) is 0 Å². The van der Waals surface area contributed by atoms with Gasteiger partial charge in [-0.2, -0.15) is 0 Å². The summed E-state index contributed by atoms with van der Waals surface area (Å²) in [6, 6.07) is -0.512. The van der Waals surface area contributed by atoms with E-state index in [9.17, 15) is 9.59 Å². The Balaban J connectivity index is 2.15. The number of amides is 2. The van der Waals surface area contributed by atoms with E-state index < -0.39 is 18.1 Å². The number of aryl methyl sites for hydroxylation is 1. The van der Waals surface area contributed by atoms with Gasteiger partial charge in [0.05, 0.1) is 17.2 Å². The van der Waals surface area contributed by atoms with Crippen molar-refractivity contribution in [1.82, 2.24) is 15.6 Å². The third-order valence-corrected chi connectivity index (χ3v) is 2.90. The van der Waals surface area contributed by atoms with Crippen LogP contribution in [-0.2, 0) is 11.2 Å². The van der Waals surface area contributed by atoms with Crippen LogP contribution < -0.4 is 10.6 Å². The molecule has 18 heavy (non-hydrogen) atoms. The van der Waals surface area contributed by atoms with Gasteiger partial charge in [-0.25, -0.2) is 14.6 Å². The van der Waals surface area contributed by atoms with Crippen LogP contribution in [0.3, 0.4) is 0 Å². The summed E-state index contributed by atoms with van der Waals surface area (Å²) in [4.78, 5) is 25.7. The minimum atomic E-state index is -1.59. The van der Waals surface area contributed by atoms with Gasteiger partial charge in [-0.15, -0.1) is 11.3 Å². The normalized spacial score (nSPS) is 11.9. The number of aliphatic hydroxyl groups is 1. The van der Waals surface area contributed by atoms with Crippen LogP contribution >= 0.6 is 11.3 Å². The molecule has 8 heteroatoms. The van der Waals surface area contributed by atoms with E-state index in [0.29, 0.717) is 13.0 Å². The fraction of sp³-hybridized carbons (Fsp3) is 0.500. The van der Waals surface area contributed by atoms with E-state index in [4.69, 9.17) is 10.2 Å². The topological polar surface area (TPSA) is 112 Å². The molecule has 1 aromatic rings. The number of hydrogen-bond donors (Lipinski definition) is 4. The number of nitrogens with zero attached hydrogens (tertiary/aromatic N) is 1. The third-order valence-electron chi connectivity index (χ3n) is 2.07. The Hall–Kier alpha value is -1.67. The van der Waals surface area contributed by atoms with E-state index in [1.807, 2.05) is 12.3 Å². The van der Waals surface area contributed by atoms with Gasteiger partial charge in [-0.05, 0) is 6.92 Å². The van der Waals surface area contributed by atoms with Crippen LogP contribution in [0, 0.1) is 6.92 Å². The highest BCUT2D eigenvalue weighted by atomic mass is 32.1. The second kappa shape index (κ2) is 6.92. The number of aromatic nitrogens is 1. The summed E-state index contributed by atoms with van der Waals surface area (Å²) in [6.07, 6.45) is -0.976. The van der Waals surface area contributed by atoms with Gasteiger partial charge in [0, 0.05) is 18.3 Å². The molecular weight excluding hydrogens is 258 g/mol. The van der Waals surface area contributed by atoms with E-state index in [1.54, 1.807) is 11.3 Å².